The number of aryl methyl sites for hydroxylation is 1. The summed E-state index contributed by atoms with van der Waals surface area (Å²) in [6.45, 7) is 2.61. The number of aromatic nitrogens is 4. The van der Waals surface area contributed by atoms with Crippen LogP contribution in [0.4, 0.5) is 22.0 Å². The van der Waals surface area contributed by atoms with E-state index in [2.05, 4.69) is 15.6 Å². The van der Waals surface area contributed by atoms with Crippen LogP contribution in [-0.2, 0) is 14.8 Å². The van der Waals surface area contributed by atoms with Crippen LogP contribution in [0.25, 0.3) is 11.2 Å². The van der Waals surface area contributed by atoms with Crippen molar-refractivity contribution in [3.05, 3.63) is 64.0 Å². The average molecular weight is 676 g/mol. The number of nitrogens with two attached hydrogens (primary N) is 1. The highest BCUT2D eigenvalue weighted by Gasteiger charge is 2.32. The van der Waals surface area contributed by atoms with E-state index in [0.717, 1.165) is 24.1 Å². The molecule has 2 aromatic carbocycles. The van der Waals surface area contributed by atoms with Crippen LogP contribution in [0.5, 0.6) is 0 Å². The van der Waals surface area contributed by atoms with Gasteiger partial charge in [0.15, 0.2) is 5.65 Å². The number of rotatable bonds is 8. The number of hydrogen-bond acceptors (Lipinski definition) is 8. The first-order chi connectivity index (χ1) is 21.5. The molecule has 45 heavy (non-hydrogen) atoms. The van der Waals surface area contributed by atoms with Crippen molar-refractivity contribution < 1.29 is 17.6 Å². The van der Waals surface area contributed by atoms with Gasteiger partial charge in [-0.2, -0.15) is 9.29 Å². The molecular weight excluding hydrogens is 642 g/mol. The first kappa shape index (κ1) is 31.5. The van der Waals surface area contributed by atoms with Gasteiger partial charge in [0.1, 0.15) is 11.3 Å². The molecule has 2 fully saturated rings. The van der Waals surface area contributed by atoms with Crippen molar-refractivity contribution in [2.75, 3.05) is 23.7 Å². The minimum Gasteiger partial charge on any atom is -0.369 e. The molecular formula is C30H33Cl2FN8O3S. The van der Waals surface area contributed by atoms with E-state index in [-0.39, 0.29) is 45.4 Å². The molecule has 6 rings (SSSR count). The Labute approximate surface area is 270 Å². The summed E-state index contributed by atoms with van der Waals surface area (Å²) in [7, 11) is -3.65. The molecule has 3 heterocycles. The molecule has 1 aliphatic heterocycles. The van der Waals surface area contributed by atoms with Gasteiger partial charge in [0.25, 0.3) is 0 Å². The van der Waals surface area contributed by atoms with Crippen molar-refractivity contribution in [2.45, 2.75) is 62.4 Å². The summed E-state index contributed by atoms with van der Waals surface area (Å²) in [4.78, 5) is 26.1. The Balaban J connectivity index is 1.30. The van der Waals surface area contributed by atoms with Crippen LogP contribution in [0, 0.1) is 18.7 Å². The number of benzene rings is 2. The summed E-state index contributed by atoms with van der Waals surface area (Å²) < 4.78 is 44.0. The van der Waals surface area contributed by atoms with Gasteiger partial charge in [-0.3, -0.25) is 9.36 Å². The van der Waals surface area contributed by atoms with E-state index in [9.17, 15) is 17.6 Å². The maximum Gasteiger partial charge on any atom is 0.243 e. The first-order valence-electron chi connectivity index (χ1n) is 14.8. The number of halogens is 3. The Morgan fingerprint density at radius 3 is 2.40 bits per heavy atom. The van der Waals surface area contributed by atoms with Gasteiger partial charge >= 0.3 is 0 Å². The topological polar surface area (TPSA) is 148 Å². The molecule has 238 valence electrons. The van der Waals surface area contributed by atoms with Crippen LogP contribution in [0.3, 0.4) is 0 Å². The second kappa shape index (κ2) is 12.7. The van der Waals surface area contributed by atoms with E-state index in [1.165, 1.54) is 4.31 Å². The minimum atomic E-state index is -3.65. The number of fused-ring (bicyclic) bond motifs is 1. The molecule has 4 N–H and O–H groups in total. The zero-order valence-corrected chi connectivity index (χ0v) is 26.8. The number of carbonyl (C=O) groups is 1. The molecule has 0 radical (unpaired) electrons. The Morgan fingerprint density at radius 2 is 1.73 bits per heavy atom. The van der Waals surface area contributed by atoms with Crippen molar-refractivity contribution in [1.29, 1.82) is 0 Å². The summed E-state index contributed by atoms with van der Waals surface area (Å²) >= 11 is 12.7. The van der Waals surface area contributed by atoms with E-state index in [1.54, 1.807) is 30.5 Å². The number of imidazole rings is 1. The second-order valence-corrected chi connectivity index (χ2v) is 14.4. The fraction of sp³-hybridized carbons (Fsp3) is 0.400. The van der Waals surface area contributed by atoms with Crippen molar-refractivity contribution in [3.8, 4) is 0 Å². The normalized spacial score (nSPS) is 21.1. The SMILES string of the molecule is Cc1ccc(S(=O)(=O)N2CCC[C@@H](Nc3ncc4nc(Nc5c(Cl)cc(F)cc5Cl)n([C@H]5CC[C@H](C(N)=O)CC5)c4n3)C2)cc1. The molecule has 1 amide bonds. The second-order valence-electron chi connectivity index (χ2n) is 11.6. The lowest BCUT2D eigenvalue weighted by atomic mass is 9.85. The zero-order valence-electron chi connectivity index (χ0n) is 24.5. The molecule has 2 aromatic heterocycles. The predicted octanol–water partition coefficient (Wildman–Crippen LogP) is 5.81. The van der Waals surface area contributed by atoms with Crippen molar-refractivity contribution in [2.24, 2.45) is 11.7 Å². The zero-order chi connectivity index (χ0) is 31.9. The summed E-state index contributed by atoms with van der Waals surface area (Å²) in [5.74, 6) is -0.359. The van der Waals surface area contributed by atoms with Crippen LogP contribution >= 0.6 is 23.2 Å². The Hall–Kier alpha value is -3.52. The highest BCUT2D eigenvalue weighted by Crippen LogP contribution is 2.39. The van der Waals surface area contributed by atoms with Gasteiger partial charge < -0.3 is 16.4 Å². The molecule has 1 atom stereocenters. The minimum absolute atomic E-state index is 0.0846. The number of nitrogens with one attached hydrogen (secondary N) is 2. The number of piperidine rings is 1. The van der Waals surface area contributed by atoms with Crippen molar-refractivity contribution >= 4 is 67.9 Å². The lowest BCUT2D eigenvalue weighted by Gasteiger charge is -2.32. The number of hydrogen-bond donors (Lipinski definition) is 3. The summed E-state index contributed by atoms with van der Waals surface area (Å²) in [6, 6.07) is 8.88. The molecule has 1 saturated heterocycles. The number of primary amides is 1. The third-order valence-corrected chi connectivity index (χ3v) is 11.0. The number of sulfonamides is 1. The van der Waals surface area contributed by atoms with Gasteiger partial charge in [-0.15, -0.1) is 0 Å². The monoisotopic (exact) mass is 674 g/mol. The maximum absolute atomic E-state index is 13.9. The fourth-order valence-corrected chi connectivity index (χ4v) is 8.19. The Kier molecular flexibility index (Phi) is 8.88. The smallest absolute Gasteiger partial charge is 0.243 e. The van der Waals surface area contributed by atoms with Crippen molar-refractivity contribution in [3.63, 3.8) is 0 Å². The van der Waals surface area contributed by atoms with Gasteiger partial charge in [0, 0.05) is 31.1 Å². The first-order valence-corrected chi connectivity index (χ1v) is 17.0. The predicted molar refractivity (Wildman–Crippen MR) is 172 cm³/mol. The number of anilines is 3. The van der Waals surface area contributed by atoms with Crippen LogP contribution in [0.15, 0.2) is 47.5 Å². The largest absolute Gasteiger partial charge is 0.369 e. The summed E-state index contributed by atoms with van der Waals surface area (Å²) in [6.07, 6.45) is 5.55. The van der Waals surface area contributed by atoms with Gasteiger partial charge in [-0.25, -0.2) is 22.8 Å². The van der Waals surface area contributed by atoms with Crippen LogP contribution < -0.4 is 16.4 Å². The highest BCUT2D eigenvalue weighted by molar-refractivity contribution is 7.89. The molecule has 4 aromatic rings. The molecule has 11 nitrogen and oxygen atoms in total. The third kappa shape index (κ3) is 6.57. The lowest BCUT2D eigenvalue weighted by Crippen LogP contribution is -2.45. The fourth-order valence-electron chi connectivity index (χ4n) is 6.11. The molecule has 0 spiro atoms. The standard InChI is InChI=1S/C30H33Cl2FN8O3S/c1-17-4-10-22(11-5-17)45(43,44)40-12-2-3-20(16-40)36-29-35-15-25-28(39-29)41(21-8-6-18(7-9-21)27(34)42)30(37-25)38-26-23(31)13-19(33)14-24(26)32/h4-5,10-11,13-15,18,20-21H,2-3,6-9,12,16H2,1H3,(H2,34,42)(H,37,38)(H,35,36,39)/t18-,20-,21-/m1/s1. The van der Waals surface area contributed by atoms with Crippen LogP contribution in [-0.4, -0.2) is 57.3 Å². The molecule has 2 aliphatic rings. The quantitative estimate of drug-likeness (QED) is 0.212. The summed E-state index contributed by atoms with van der Waals surface area (Å²) in [5, 5.41) is 6.68. The highest BCUT2D eigenvalue weighted by atomic mass is 35.5. The van der Waals surface area contributed by atoms with Crippen LogP contribution in [0.2, 0.25) is 10.0 Å². The van der Waals surface area contributed by atoms with Crippen LogP contribution in [0.1, 0.15) is 50.1 Å². The number of carbonyl (C=O) groups excluding carboxylic acids is 1. The summed E-state index contributed by atoms with van der Waals surface area (Å²) in [5.41, 5.74) is 7.90. The van der Waals surface area contributed by atoms with Gasteiger partial charge in [0.2, 0.25) is 27.8 Å². The van der Waals surface area contributed by atoms with E-state index >= 15 is 0 Å². The van der Waals surface area contributed by atoms with E-state index < -0.39 is 15.8 Å². The molecule has 0 bridgehead atoms. The van der Waals surface area contributed by atoms with Gasteiger partial charge in [-0.1, -0.05) is 40.9 Å². The van der Waals surface area contributed by atoms with Gasteiger partial charge in [-0.05, 0) is 69.7 Å². The molecule has 1 saturated carbocycles. The van der Waals surface area contributed by atoms with Gasteiger partial charge in [0.05, 0.1) is 26.8 Å². The lowest BCUT2D eigenvalue weighted by molar-refractivity contribution is -0.122. The maximum atomic E-state index is 13.9. The van der Waals surface area contributed by atoms with E-state index in [1.807, 2.05) is 11.5 Å². The Bertz CT molecular complexity index is 1820. The average Bonchev–Trinajstić information content (AvgIpc) is 3.36. The van der Waals surface area contributed by atoms with E-state index in [0.29, 0.717) is 67.4 Å². The van der Waals surface area contributed by atoms with Crippen molar-refractivity contribution in [1.82, 2.24) is 23.8 Å². The molecule has 15 heteroatoms. The Morgan fingerprint density at radius 1 is 1.04 bits per heavy atom. The molecule has 0 unspecified atom stereocenters. The number of amides is 1. The molecule has 1 aliphatic carbocycles. The third-order valence-electron chi connectivity index (χ3n) is 8.52. The number of nitrogens with zero attached hydrogens (tertiary/aromatic N) is 5. The van der Waals surface area contributed by atoms with E-state index in [4.69, 9.17) is 38.9 Å².